The molecule has 0 fully saturated rings. The van der Waals surface area contributed by atoms with E-state index in [0.29, 0.717) is 12.2 Å². The molecule has 0 saturated heterocycles. The third-order valence-electron chi connectivity index (χ3n) is 2.36. The highest BCUT2D eigenvalue weighted by Crippen LogP contribution is 2.19. The van der Waals surface area contributed by atoms with E-state index < -0.39 is 5.82 Å². The Morgan fingerprint density at radius 1 is 1.33 bits per heavy atom. The third kappa shape index (κ3) is 2.96. The molecule has 0 radical (unpaired) electrons. The molecule has 0 bridgehead atoms. The molecule has 2 rings (SSSR count). The van der Waals surface area contributed by atoms with Crippen LogP contribution in [0.3, 0.4) is 0 Å². The van der Waals surface area contributed by atoms with Crippen LogP contribution < -0.4 is 5.32 Å². The van der Waals surface area contributed by atoms with Crippen LogP contribution in [0.5, 0.6) is 0 Å². The third-order valence-corrected chi connectivity index (χ3v) is 2.64. The van der Waals surface area contributed by atoms with Gasteiger partial charge in [0.1, 0.15) is 17.6 Å². The van der Waals surface area contributed by atoms with Crippen LogP contribution >= 0.6 is 11.6 Å². The Morgan fingerprint density at radius 2 is 2.17 bits per heavy atom. The molecule has 3 nitrogen and oxygen atoms in total. The predicted octanol–water partition coefficient (Wildman–Crippen LogP) is 3.36. The summed E-state index contributed by atoms with van der Waals surface area (Å²) in [6.45, 7) is 0.513. The van der Waals surface area contributed by atoms with Crippen molar-refractivity contribution in [2.24, 2.45) is 0 Å². The molecule has 0 spiro atoms. The quantitative estimate of drug-likeness (QED) is 0.922. The summed E-state index contributed by atoms with van der Waals surface area (Å²) >= 11 is 5.68. The fourth-order valence-electron chi connectivity index (χ4n) is 1.46. The van der Waals surface area contributed by atoms with Crippen LogP contribution in [0.1, 0.15) is 11.3 Å². The van der Waals surface area contributed by atoms with E-state index in [0.717, 1.165) is 11.3 Å². The highest BCUT2D eigenvalue weighted by atomic mass is 35.5. The maximum absolute atomic E-state index is 13.0. The van der Waals surface area contributed by atoms with Gasteiger partial charge in [-0.05, 0) is 35.9 Å². The lowest BCUT2D eigenvalue weighted by atomic mass is 10.2. The van der Waals surface area contributed by atoms with Crippen LogP contribution in [0, 0.1) is 17.1 Å². The monoisotopic (exact) mass is 261 g/mol. The zero-order valence-electron chi connectivity index (χ0n) is 9.32. The minimum absolute atomic E-state index is 0.0763. The van der Waals surface area contributed by atoms with E-state index >= 15 is 0 Å². The number of halogens is 2. The van der Waals surface area contributed by atoms with Gasteiger partial charge in [0.15, 0.2) is 0 Å². The van der Waals surface area contributed by atoms with Gasteiger partial charge < -0.3 is 5.32 Å². The summed E-state index contributed by atoms with van der Waals surface area (Å²) in [5.74, 6) is -0.446. The number of aromatic nitrogens is 1. The minimum atomic E-state index is -0.446. The van der Waals surface area contributed by atoms with Crippen molar-refractivity contribution in [2.75, 3.05) is 5.32 Å². The molecular weight excluding hydrogens is 253 g/mol. The van der Waals surface area contributed by atoms with E-state index in [1.165, 1.54) is 12.1 Å². The molecule has 1 N–H and O–H groups in total. The van der Waals surface area contributed by atoms with Crippen LogP contribution in [-0.4, -0.2) is 4.98 Å². The molecule has 18 heavy (non-hydrogen) atoms. The number of hydrogen-bond donors (Lipinski definition) is 1. The maximum Gasteiger partial charge on any atom is 0.141 e. The van der Waals surface area contributed by atoms with Crippen LogP contribution in [0.25, 0.3) is 0 Å². The second kappa shape index (κ2) is 5.48. The molecule has 1 aromatic carbocycles. The molecule has 0 saturated carbocycles. The molecule has 0 amide bonds. The SMILES string of the molecule is N#Cc1cc(CNc2ccc(F)c(Cl)c2)ccn1. The molecule has 1 heterocycles. The zero-order chi connectivity index (χ0) is 13.0. The second-order valence-corrected chi connectivity index (χ2v) is 4.05. The number of nitrogens with one attached hydrogen (secondary N) is 1. The molecule has 0 atom stereocenters. The van der Waals surface area contributed by atoms with Crippen molar-refractivity contribution in [3.8, 4) is 6.07 Å². The van der Waals surface area contributed by atoms with Gasteiger partial charge in [0.2, 0.25) is 0 Å². The lowest BCUT2D eigenvalue weighted by Gasteiger charge is -2.07. The Hall–Kier alpha value is -2.12. The van der Waals surface area contributed by atoms with Crippen molar-refractivity contribution in [1.29, 1.82) is 5.26 Å². The molecule has 2 aromatic rings. The summed E-state index contributed by atoms with van der Waals surface area (Å²) in [5.41, 5.74) is 2.00. The van der Waals surface area contributed by atoms with Gasteiger partial charge in [0.25, 0.3) is 0 Å². The van der Waals surface area contributed by atoms with Gasteiger partial charge in [-0.3, -0.25) is 0 Å². The van der Waals surface area contributed by atoms with Gasteiger partial charge >= 0.3 is 0 Å². The highest BCUT2D eigenvalue weighted by Gasteiger charge is 2.01. The fourth-order valence-corrected chi connectivity index (χ4v) is 1.64. The van der Waals surface area contributed by atoms with Gasteiger partial charge in [-0.15, -0.1) is 0 Å². The number of nitrogens with zero attached hydrogens (tertiary/aromatic N) is 2. The van der Waals surface area contributed by atoms with Crippen molar-refractivity contribution in [1.82, 2.24) is 4.98 Å². The van der Waals surface area contributed by atoms with Crippen molar-refractivity contribution < 1.29 is 4.39 Å². The van der Waals surface area contributed by atoms with E-state index in [2.05, 4.69) is 10.3 Å². The molecule has 5 heteroatoms. The molecular formula is C13H9ClFN3. The number of anilines is 1. The number of hydrogen-bond acceptors (Lipinski definition) is 3. The first-order valence-corrected chi connectivity index (χ1v) is 5.61. The van der Waals surface area contributed by atoms with E-state index in [4.69, 9.17) is 16.9 Å². The second-order valence-electron chi connectivity index (χ2n) is 3.64. The smallest absolute Gasteiger partial charge is 0.141 e. The molecule has 1 aromatic heterocycles. The first-order chi connectivity index (χ1) is 8.69. The summed E-state index contributed by atoms with van der Waals surface area (Å²) in [4.78, 5) is 3.88. The number of pyridine rings is 1. The van der Waals surface area contributed by atoms with Crippen molar-refractivity contribution in [3.05, 3.63) is 58.6 Å². The molecule has 0 unspecified atom stereocenters. The van der Waals surface area contributed by atoms with Crippen LogP contribution in [0.4, 0.5) is 10.1 Å². The first-order valence-electron chi connectivity index (χ1n) is 5.23. The van der Waals surface area contributed by atoms with Crippen LogP contribution in [0.2, 0.25) is 5.02 Å². The van der Waals surface area contributed by atoms with Crippen molar-refractivity contribution in [2.45, 2.75) is 6.54 Å². The Labute approximate surface area is 109 Å². The number of rotatable bonds is 3. The van der Waals surface area contributed by atoms with Crippen molar-refractivity contribution >= 4 is 17.3 Å². The Morgan fingerprint density at radius 3 is 2.89 bits per heavy atom. The molecule has 0 aliphatic rings. The number of nitriles is 1. The summed E-state index contributed by atoms with van der Waals surface area (Å²) in [6.07, 6.45) is 1.58. The summed E-state index contributed by atoms with van der Waals surface area (Å²) in [5, 5.41) is 11.9. The fraction of sp³-hybridized carbons (Fsp3) is 0.0769. The Kier molecular flexibility index (Phi) is 3.75. The topological polar surface area (TPSA) is 48.7 Å². The summed E-state index contributed by atoms with van der Waals surface area (Å²) in [7, 11) is 0. The van der Waals surface area contributed by atoms with Gasteiger partial charge in [0, 0.05) is 18.4 Å². The summed E-state index contributed by atoms with van der Waals surface area (Å²) < 4.78 is 13.0. The highest BCUT2D eigenvalue weighted by molar-refractivity contribution is 6.31. The minimum Gasteiger partial charge on any atom is -0.381 e. The molecule has 0 aliphatic carbocycles. The van der Waals surface area contributed by atoms with Crippen LogP contribution in [-0.2, 0) is 6.54 Å². The zero-order valence-corrected chi connectivity index (χ0v) is 10.1. The Bertz CT molecular complexity index is 607. The maximum atomic E-state index is 13.0. The largest absolute Gasteiger partial charge is 0.381 e. The Balaban J connectivity index is 2.07. The molecule has 0 aliphatic heterocycles. The lowest BCUT2D eigenvalue weighted by Crippen LogP contribution is -2.00. The van der Waals surface area contributed by atoms with Gasteiger partial charge in [-0.2, -0.15) is 5.26 Å². The van der Waals surface area contributed by atoms with Gasteiger partial charge in [0.05, 0.1) is 5.02 Å². The standard InChI is InChI=1S/C13H9ClFN3/c14-12-6-10(1-2-13(12)15)18-8-9-3-4-17-11(5-9)7-16/h1-6,18H,8H2. The molecule has 90 valence electrons. The summed E-state index contributed by atoms with van der Waals surface area (Å²) in [6, 6.07) is 9.90. The van der Waals surface area contributed by atoms with Crippen molar-refractivity contribution in [3.63, 3.8) is 0 Å². The average Bonchev–Trinajstić information content (AvgIpc) is 2.40. The van der Waals surface area contributed by atoms with E-state index in [-0.39, 0.29) is 5.02 Å². The van der Waals surface area contributed by atoms with Crippen LogP contribution in [0.15, 0.2) is 36.5 Å². The first kappa shape index (κ1) is 12.3. The predicted molar refractivity (Wildman–Crippen MR) is 67.7 cm³/mol. The lowest BCUT2D eigenvalue weighted by molar-refractivity contribution is 0.628. The normalized spacial score (nSPS) is 9.83. The van der Waals surface area contributed by atoms with Gasteiger partial charge in [-0.1, -0.05) is 11.6 Å². The van der Waals surface area contributed by atoms with Gasteiger partial charge in [-0.25, -0.2) is 9.37 Å². The van der Waals surface area contributed by atoms with E-state index in [1.54, 1.807) is 24.4 Å². The van der Waals surface area contributed by atoms with E-state index in [9.17, 15) is 4.39 Å². The van der Waals surface area contributed by atoms with E-state index in [1.807, 2.05) is 6.07 Å². The number of benzene rings is 1. The average molecular weight is 262 g/mol.